The van der Waals surface area contributed by atoms with Gasteiger partial charge in [0.1, 0.15) is 11.6 Å². The minimum atomic E-state index is -0.673. The van der Waals surface area contributed by atoms with Crippen molar-refractivity contribution in [3.8, 4) is 0 Å². The Bertz CT molecular complexity index is 482. The molecule has 0 aromatic heterocycles. The lowest BCUT2D eigenvalue weighted by atomic mass is 9.59. The second-order valence-electron chi connectivity index (χ2n) is 8.93. The van der Waals surface area contributed by atoms with Crippen LogP contribution in [0.25, 0.3) is 0 Å². The minimum Gasteiger partial charge on any atom is -0.351 e. The molecule has 2 aliphatic rings. The van der Waals surface area contributed by atoms with Gasteiger partial charge in [-0.25, -0.2) is 0 Å². The van der Waals surface area contributed by atoms with Crippen LogP contribution in [0.3, 0.4) is 0 Å². The second kappa shape index (κ2) is 4.65. The van der Waals surface area contributed by atoms with Crippen molar-refractivity contribution in [3.63, 3.8) is 0 Å². The van der Waals surface area contributed by atoms with Crippen LogP contribution in [0.15, 0.2) is 0 Å². The quantitative estimate of drug-likeness (QED) is 0.756. The smallest absolute Gasteiger partial charge is 0.225 e. The predicted molar refractivity (Wildman–Crippen MR) is 80.6 cm³/mol. The molecule has 0 aromatic carbocycles. The monoisotopic (exact) mass is 293 g/mol. The van der Waals surface area contributed by atoms with E-state index in [1.54, 1.807) is 0 Å². The molecule has 1 aliphatic carbocycles. The van der Waals surface area contributed by atoms with Gasteiger partial charge < -0.3 is 5.32 Å². The summed E-state index contributed by atoms with van der Waals surface area (Å²) in [5.74, 6) is -0.769. The Morgan fingerprint density at radius 1 is 0.905 bits per heavy atom. The van der Waals surface area contributed by atoms with Gasteiger partial charge in [-0.1, -0.05) is 41.5 Å². The standard InChI is InChI=1S/C17H27NO3/c1-15(2)7-10(19)12(11(20)8-15)13-16(3,4)9-17(5,6)14(21)18-13/h12-13H,7-9H2,1-6H3,(H,18,21). The van der Waals surface area contributed by atoms with Gasteiger partial charge in [-0.2, -0.15) is 0 Å². The van der Waals surface area contributed by atoms with Crippen molar-refractivity contribution in [2.75, 3.05) is 0 Å². The number of ketones is 2. The third kappa shape index (κ3) is 2.90. The molecule has 0 aromatic rings. The van der Waals surface area contributed by atoms with E-state index in [4.69, 9.17) is 0 Å². The van der Waals surface area contributed by atoms with Gasteiger partial charge in [0.2, 0.25) is 5.91 Å². The van der Waals surface area contributed by atoms with Gasteiger partial charge in [0, 0.05) is 18.3 Å². The molecule has 1 saturated carbocycles. The summed E-state index contributed by atoms with van der Waals surface area (Å²) in [6.07, 6.45) is 1.50. The fourth-order valence-corrected chi connectivity index (χ4v) is 4.17. The number of carbonyl (C=O) groups is 3. The zero-order valence-corrected chi connectivity index (χ0v) is 14.0. The van der Waals surface area contributed by atoms with Gasteiger partial charge in [0.15, 0.2) is 0 Å². The molecule has 0 bridgehead atoms. The summed E-state index contributed by atoms with van der Waals surface area (Å²) < 4.78 is 0. The summed E-state index contributed by atoms with van der Waals surface area (Å²) >= 11 is 0. The first-order chi connectivity index (χ1) is 9.36. The number of amides is 1. The Labute approximate surface area is 127 Å². The van der Waals surface area contributed by atoms with Crippen molar-refractivity contribution in [2.24, 2.45) is 22.2 Å². The average molecular weight is 293 g/mol. The SMILES string of the molecule is CC1(C)CC(=O)C(C2NC(=O)C(C)(C)CC2(C)C)C(=O)C1. The molecule has 21 heavy (non-hydrogen) atoms. The van der Waals surface area contributed by atoms with Crippen LogP contribution in [-0.4, -0.2) is 23.5 Å². The van der Waals surface area contributed by atoms with E-state index in [2.05, 4.69) is 5.32 Å². The summed E-state index contributed by atoms with van der Waals surface area (Å²) in [6, 6.07) is -0.380. The molecule has 1 heterocycles. The van der Waals surface area contributed by atoms with Gasteiger partial charge in [0.25, 0.3) is 0 Å². The number of hydrogen-bond donors (Lipinski definition) is 1. The molecule has 1 unspecified atom stereocenters. The van der Waals surface area contributed by atoms with Crippen LogP contribution in [0.2, 0.25) is 0 Å². The Morgan fingerprint density at radius 3 is 1.86 bits per heavy atom. The summed E-state index contributed by atoms with van der Waals surface area (Å²) in [7, 11) is 0. The number of nitrogens with one attached hydrogen (secondary N) is 1. The van der Waals surface area contributed by atoms with Gasteiger partial charge in [0.05, 0.1) is 12.0 Å². The third-order valence-electron chi connectivity index (χ3n) is 4.97. The van der Waals surface area contributed by atoms with E-state index in [9.17, 15) is 14.4 Å². The fourth-order valence-electron chi connectivity index (χ4n) is 4.17. The Balaban J connectivity index is 2.31. The number of hydrogen-bond acceptors (Lipinski definition) is 3. The molecule has 2 rings (SSSR count). The highest BCUT2D eigenvalue weighted by Gasteiger charge is 2.53. The largest absolute Gasteiger partial charge is 0.351 e. The first-order valence-corrected chi connectivity index (χ1v) is 7.72. The molecule has 4 nitrogen and oxygen atoms in total. The lowest BCUT2D eigenvalue weighted by Gasteiger charge is -2.49. The molecule has 1 amide bonds. The summed E-state index contributed by atoms with van der Waals surface area (Å²) in [4.78, 5) is 37.3. The number of rotatable bonds is 1. The summed E-state index contributed by atoms with van der Waals surface area (Å²) in [5, 5.41) is 2.97. The first-order valence-electron chi connectivity index (χ1n) is 7.72. The van der Waals surface area contributed by atoms with Crippen LogP contribution in [0.1, 0.15) is 60.8 Å². The molecular formula is C17H27NO3. The van der Waals surface area contributed by atoms with Crippen molar-refractivity contribution in [3.05, 3.63) is 0 Å². The molecule has 2 fully saturated rings. The second-order valence-corrected chi connectivity index (χ2v) is 8.93. The van der Waals surface area contributed by atoms with E-state index in [1.807, 2.05) is 41.5 Å². The van der Waals surface area contributed by atoms with Gasteiger partial charge in [-0.05, 0) is 17.3 Å². The lowest BCUT2D eigenvalue weighted by molar-refractivity contribution is -0.148. The minimum absolute atomic E-state index is 0.0191. The highest BCUT2D eigenvalue weighted by atomic mass is 16.2. The number of carbonyl (C=O) groups excluding carboxylic acids is 3. The molecule has 0 spiro atoms. The van der Waals surface area contributed by atoms with Gasteiger partial charge >= 0.3 is 0 Å². The van der Waals surface area contributed by atoms with Crippen LogP contribution in [0, 0.1) is 22.2 Å². The molecule has 1 aliphatic heterocycles. The van der Waals surface area contributed by atoms with Crippen LogP contribution in [-0.2, 0) is 14.4 Å². The molecule has 1 atom stereocenters. The lowest BCUT2D eigenvalue weighted by Crippen LogP contribution is -2.63. The van der Waals surface area contributed by atoms with E-state index in [0.717, 1.165) is 0 Å². The van der Waals surface area contributed by atoms with E-state index >= 15 is 0 Å². The Kier molecular flexibility index (Phi) is 3.59. The van der Waals surface area contributed by atoms with Crippen LogP contribution < -0.4 is 5.32 Å². The maximum atomic E-state index is 12.5. The Hall–Kier alpha value is -1.19. The highest BCUT2D eigenvalue weighted by Crippen LogP contribution is 2.46. The average Bonchev–Trinajstić information content (AvgIpc) is 2.21. The first kappa shape index (κ1) is 16.2. The van der Waals surface area contributed by atoms with Crippen molar-refractivity contribution in [2.45, 2.75) is 66.8 Å². The zero-order valence-electron chi connectivity index (χ0n) is 14.0. The van der Waals surface area contributed by atoms with E-state index in [0.29, 0.717) is 19.3 Å². The van der Waals surface area contributed by atoms with Crippen LogP contribution >= 0.6 is 0 Å². The molecule has 1 saturated heterocycles. The normalized spacial score (nSPS) is 31.9. The molecule has 118 valence electrons. The molecule has 0 radical (unpaired) electrons. The Morgan fingerprint density at radius 2 is 1.38 bits per heavy atom. The summed E-state index contributed by atoms with van der Waals surface area (Å²) in [5.41, 5.74) is -0.984. The van der Waals surface area contributed by atoms with Gasteiger partial charge in [-0.3, -0.25) is 14.4 Å². The molecule has 1 N–H and O–H groups in total. The molecular weight excluding hydrogens is 266 g/mol. The van der Waals surface area contributed by atoms with Crippen LogP contribution in [0.5, 0.6) is 0 Å². The van der Waals surface area contributed by atoms with E-state index in [1.165, 1.54) is 0 Å². The maximum absolute atomic E-state index is 12.5. The molecule has 4 heteroatoms. The van der Waals surface area contributed by atoms with E-state index in [-0.39, 0.29) is 34.3 Å². The maximum Gasteiger partial charge on any atom is 0.225 e. The predicted octanol–water partition coefficient (Wildman–Crippen LogP) is 2.50. The van der Waals surface area contributed by atoms with Crippen molar-refractivity contribution in [1.82, 2.24) is 5.32 Å². The van der Waals surface area contributed by atoms with Crippen molar-refractivity contribution < 1.29 is 14.4 Å². The topological polar surface area (TPSA) is 63.2 Å². The van der Waals surface area contributed by atoms with Gasteiger partial charge in [-0.15, -0.1) is 0 Å². The number of Topliss-reactive ketones (excluding diaryl/α,β-unsaturated/α-hetero) is 2. The number of piperidine rings is 1. The fraction of sp³-hybridized carbons (Fsp3) is 0.824. The van der Waals surface area contributed by atoms with Crippen molar-refractivity contribution in [1.29, 1.82) is 0 Å². The van der Waals surface area contributed by atoms with Crippen molar-refractivity contribution >= 4 is 17.5 Å². The van der Waals surface area contributed by atoms with E-state index < -0.39 is 11.3 Å². The zero-order chi connectivity index (χ0) is 16.2. The summed E-state index contributed by atoms with van der Waals surface area (Å²) in [6.45, 7) is 11.8. The van der Waals surface area contributed by atoms with Crippen LogP contribution in [0.4, 0.5) is 0 Å². The third-order valence-corrected chi connectivity index (χ3v) is 4.97. The highest BCUT2D eigenvalue weighted by molar-refractivity contribution is 6.06.